The number of rotatable bonds is 1. The molecule has 1 N–H and O–H groups in total. The smallest absolute Gasteiger partial charge is 0.0760 e. The summed E-state index contributed by atoms with van der Waals surface area (Å²) < 4.78 is 0. The second-order valence-electron chi connectivity index (χ2n) is 4.15. The Morgan fingerprint density at radius 3 is 2.46 bits per heavy atom. The number of piperidine rings is 2. The molecule has 0 saturated carbocycles. The Kier molecular flexibility index (Phi) is 3.19. The Hall–Kier alpha value is -0.120. The molecule has 1 unspecified atom stereocenters. The van der Waals surface area contributed by atoms with Gasteiger partial charge >= 0.3 is 0 Å². The van der Waals surface area contributed by atoms with E-state index in [4.69, 9.17) is 0 Å². The molecule has 1 atom stereocenters. The SMILES string of the molecule is OC1CCN(C2CCCC[N]2)CC1. The average molecular weight is 183 g/mol. The van der Waals surface area contributed by atoms with Crippen molar-refractivity contribution in [3.63, 3.8) is 0 Å². The van der Waals surface area contributed by atoms with Crippen molar-refractivity contribution in [1.29, 1.82) is 0 Å². The monoisotopic (exact) mass is 183 g/mol. The highest BCUT2D eigenvalue weighted by molar-refractivity contribution is 4.78. The van der Waals surface area contributed by atoms with Gasteiger partial charge in [0.15, 0.2) is 0 Å². The van der Waals surface area contributed by atoms with Crippen LogP contribution in [0.4, 0.5) is 0 Å². The molecule has 0 aromatic rings. The molecule has 0 aromatic heterocycles. The van der Waals surface area contributed by atoms with E-state index in [9.17, 15) is 5.11 Å². The first-order valence-corrected chi connectivity index (χ1v) is 5.45. The molecular formula is C10H19N2O. The van der Waals surface area contributed by atoms with Crippen LogP contribution in [0.1, 0.15) is 32.1 Å². The summed E-state index contributed by atoms with van der Waals surface area (Å²) in [4.78, 5) is 2.44. The maximum atomic E-state index is 9.37. The molecule has 2 aliphatic rings. The highest BCUT2D eigenvalue weighted by Gasteiger charge is 2.25. The van der Waals surface area contributed by atoms with Crippen molar-refractivity contribution >= 4 is 0 Å². The van der Waals surface area contributed by atoms with Crippen molar-refractivity contribution in [3.8, 4) is 0 Å². The van der Waals surface area contributed by atoms with Gasteiger partial charge in [0.05, 0.1) is 12.3 Å². The van der Waals surface area contributed by atoms with Crippen LogP contribution in [-0.2, 0) is 0 Å². The van der Waals surface area contributed by atoms with Crippen LogP contribution in [0.5, 0.6) is 0 Å². The van der Waals surface area contributed by atoms with Crippen LogP contribution < -0.4 is 5.32 Å². The molecule has 3 nitrogen and oxygen atoms in total. The van der Waals surface area contributed by atoms with Crippen molar-refractivity contribution in [2.75, 3.05) is 19.6 Å². The van der Waals surface area contributed by atoms with E-state index in [2.05, 4.69) is 10.2 Å². The van der Waals surface area contributed by atoms with Crippen LogP contribution in [0.3, 0.4) is 0 Å². The average Bonchev–Trinajstić information content (AvgIpc) is 2.20. The molecule has 0 amide bonds. The Morgan fingerprint density at radius 2 is 1.85 bits per heavy atom. The van der Waals surface area contributed by atoms with Gasteiger partial charge in [0.1, 0.15) is 0 Å². The summed E-state index contributed by atoms with van der Waals surface area (Å²) in [5, 5.41) is 14.0. The molecule has 2 rings (SSSR count). The summed E-state index contributed by atoms with van der Waals surface area (Å²) in [5.41, 5.74) is 0. The predicted octanol–water partition coefficient (Wildman–Crippen LogP) is 0.558. The summed E-state index contributed by atoms with van der Waals surface area (Å²) in [6.07, 6.45) is 6.12. The van der Waals surface area contributed by atoms with Gasteiger partial charge in [-0.15, -0.1) is 0 Å². The summed E-state index contributed by atoms with van der Waals surface area (Å²) >= 11 is 0. The van der Waals surface area contributed by atoms with Crippen molar-refractivity contribution in [3.05, 3.63) is 0 Å². The molecule has 13 heavy (non-hydrogen) atoms. The van der Waals surface area contributed by atoms with Crippen LogP contribution >= 0.6 is 0 Å². The number of aliphatic hydroxyl groups excluding tert-OH is 1. The summed E-state index contributed by atoms with van der Waals surface area (Å²) in [6, 6.07) is 0. The summed E-state index contributed by atoms with van der Waals surface area (Å²) in [6.45, 7) is 3.12. The maximum Gasteiger partial charge on any atom is 0.0760 e. The minimum absolute atomic E-state index is 0.0557. The lowest BCUT2D eigenvalue weighted by Gasteiger charge is -2.37. The topological polar surface area (TPSA) is 37.6 Å². The van der Waals surface area contributed by atoms with E-state index in [1.165, 1.54) is 19.3 Å². The molecule has 2 saturated heterocycles. The fraction of sp³-hybridized carbons (Fsp3) is 1.00. The molecule has 0 aromatic carbocycles. The molecule has 1 radical (unpaired) electrons. The van der Waals surface area contributed by atoms with Crippen LogP contribution in [0.25, 0.3) is 0 Å². The van der Waals surface area contributed by atoms with Crippen LogP contribution in [0.15, 0.2) is 0 Å². The summed E-state index contributed by atoms with van der Waals surface area (Å²) in [7, 11) is 0. The minimum Gasteiger partial charge on any atom is -0.393 e. The Morgan fingerprint density at radius 1 is 1.08 bits per heavy atom. The first-order chi connectivity index (χ1) is 6.36. The molecule has 2 fully saturated rings. The van der Waals surface area contributed by atoms with E-state index in [0.29, 0.717) is 6.17 Å². The third kappa shape index (κ3) is 2.42. The van der Waals surface area contributed by atoms with E-state index in [-0.39, 0.29) is 6.10 Å². The number of aliphatic hydroxyl groups is 1. The second-order valence-corrected chi connectivity index (χ2v) is 4.15. The number of hydrogen-bond donors (Lipinski definition) is 1. The molecule has 75 valence electrons. The molecule has 3 heteroatoms. The zero-order valence-corrected chi connectivity index (χ0v) is 8.15. The van der Waals surface area contributed by atoms with E-state index >= 15 is 0 Å². The largest absolute Gasteiger partial charge is 0.393 e. The van der Waals surface area contributed by atoms with E-state index in [1.54, 1.807) is 0 Å². The van der Waals surface area contributed by atoms with Gasteiger partial charge in [-0.3, -0.25) is 4.90 Å². The standard InChI is InChI=1S/C10H19N2O/c13-9-4-7-12(8-5-9)10-3-1-2-6-11-10/h9-10,13H,1-8H2. The van der Waals surface area contributed by atoms with Gasteiger partial charge in [0.2, 0.25) is 0 Å². The van der Waals surface area contributed by atoms with E-state index < -0.39 is 0 Å². The van der Waals surface area contributed by atoms with E-state index in [0.717, 1.165) is 32.5 Å². The van der Waals surface area contributed by atoms with Crippen molar-refractivity contribution < 1.29 is 5.11 Å². The lowest BCUT2D eigenvalue weighted by molar-refractivity contribution is 0.0419. The molecule has 0 bridgehead atoms. The fourth-order valence-electron chi connectivity index (χ4n) is 2.25. The zero-order valence-electron chi connectivity index (χ0n) is 8.15. The maximum absolute atomic E-state index is 9.37. The van der Waals surface area contributed by atoms with Gasteiger partial charge in [0.25, 0.3) is 0 Å². The first-order valence-electron chi connectivity index (χ1n) is 5.45. The lowest BCUT2D eigenvalue weighted by Crippen LogP contribution is -2.48. The predicted molar refractivity (Wildman–Crippen MR) is 51.5 cm³/mol. The summed E-state index contributed by atoms with van der Waals surface area (Å²) in [5.74, 6) is 0. The van der Waals surface area contributed by atoms with Crippen LogP contribution in [0.2, 0.25) is 0 Å². The molecule has 0 aliphatic carbocycles. The molecular weight excluding hydrogens is 164 g/mol. The quantitative estimate of drug-likeness (QED) is 0.645. The first kappa shape index (κ1) is 9.44. The number of nitrogens with zero attached hydrogens (tertiary/aromatic N) is 2. The van der Waals surface area contributed by atoms with Gasteiger partial charge in [-0.1, -0.05) is 0 Å². The number of likely N-dealkylation sites (tertiary alicyclic amines) is 1. The molecule has 0 spiro atoms. The Balaban J connectivity index is 1.79. The van der Waals surface area contributed by atoms with Crippen molar-refractivity contribution in [1.82, 2.24) is 10.2 Å². The fourth-order valence-corrected chi connectivity index (χ4v) is 2.25. The number of hydrogen-bond acceptors (Lipinski definition) is 2. The molecule has 2 aliphatic heterocycles. The van der Waals surface area contributed by atoms with E-state index in [1.807, 2.05) is 0 Å². The molecule has 2 heterocycles. The van der Waals surface area contributed by atoms with Crippen molar-refractivity contribution in [2.24, 2.45) is 0 Å². The van der Waals surface area contributed by atoms with Gasteiger partial charge < -0.3 is 5.11 Å². The van der Waals surface area contributed by atoms with Crippen LogP contribution in [0, 0.1) is 0 Å². The normalized spacial score (nSPS) is 33.5. The second kappa shape index (κ2) is 4.40. The van der Waals surface area contributed by atoms with Gasteiger partial charge in [-0.05, 0) is 32.1 Å². The third-order valence-corrected chi connectivity index (χ3v) is 3.13. The zero-order chi connectivity index (χ0) is 9.10. The van der Waals surface area contributed by atoms with Gasteiger partial charge in [0, 0.05) is 19.6 Å². The van der Waals surface area contributed by atoms with Gasteiger partial charge in [-0.25, -0.2) is 5.32 Å². The highest BCUT2D eigenvalue weighted by atomic mass is 16.3. The Bertz CT molecular complexity index is 149. The highest BCUT2D eigenvalue weighted by Crippen LogP contribution is 2.18. The third-order valence-electron chi connectivity index (χ3n) is 3.13. The van der Waals surface area contributed by atoms with Gasteiger partial charge in [-0.2, -0.15) is 0 Å². The lowest BCUT2D eigenvalue weighted by atomic mass is 10.0. The van der Waals surface area contributed by atoms with Crippen LogP contribution in [-0.4, -0.2) is 41.9 Å². The minimum atomic E-state index is -0.0557. The Labute approximate surface area is 80.1 Å². The van der Waals surface area contributed by atoms with Crippen molar-refractivity contribution in [2.45, 2.75) is 44.4 Å².